The van der Waals surface area contributed by atoms with Gasteiger partial charge in [0.05, 0.1) is 12.8 Å². The van der Waals surface area contributed by atoms with Crippen LogP contribution in [0, 0.1) is 13.8 Å². The highest BCUT2D eigenvalue weighted by Gasteiger charge is 2.05. The number of hydrogen-bond acceptors (Lipinski definition) is 5. The molecular weight excluding hydrogens is 300 g/mol. The van der Waals surface area contributed by atoms with Crippen LogP contribution in [0.3, 0.4) is 0 Å². The fraction of sp³-hybridized carbons (Fsp3) is 0.158. The SMILES string of the molecule is COc1ccccc1Nc1cc(Nc2ccc(C)c(C)c2)ncn1. The fourth-order valence-corrected chi connectivity index (χ4v) is 2.35. The Morgan fingerprint density at radius 2 is 1.58 bits per heavy atom. The molecule has 1 heterocycles. The lowest BCUT2D eigenvalue weighted by Gasteiger charge is -2.12. The lowest BCUT2D eigenvalue weighted by molar-refractivity contribution is 0.417. The number of aromatic nitrogens is 2. The molecule has 5 nitrogen and oxygen atoms in total. The number of nitrogens with one attached hydrogen (secondary N) is 2. The molecule has 5 heteroatoms. The smallest absolute Gasteiger partial charge is 0.142 e. The standard InChI is InChI=1S/C19H20N4O/c1-13-8-9-15(10-14(13)2)22-18-11-19(21-12-20-18)23-16-6-4-5-7-17(16)24-3/h4-12H,1-3H3,(H2,20,21,22,23). The van der Waals surface area contributed by atoms with Crippen LogP contribution in [0.4, 0.5) is 23.0 Å². The van der Waals surface area contributed by atoms with E-state index < -0.39 is 0 Å². The third kappa shape index (κ3) is 3.63. The number of para-hydroxylation sites is 2. The lowest BCUT2D eigenvalue weighted by Crippen LogP contribution is -2.00. The first-order valence-electron chi connectivity index (χ1n) is 7.72. The van der Waals surface area contributed by atoms with Gasteiger partial charge in [0.15, 0.2) is 0 Å². The summed E-state index contributed by atoms with van der Waals surface area (Å²) in [7, 11) is 1.65. The summed E-state index contributed by atoms with van der Waals surface area (Å²) in [6.45, 7) is 4.19. The molecule has 122 valence electrons. The van der Waals surface area contributed by atoms with Crippen molar-refractivity contribution in [1.82, 2.24) is 9.97 Å². The Morgan fingerprint density at radius 3 is 2.33 bits per heavy atom. The summed E-state index contributed by atoms with van der Waals surface area (Å²) in [5, 5.41) is 6.56. The summed E-state index contributed by atoms with van der Waals surface area (Å²) >= 11 is 0. The van der Waals surface area contributed by atoms with Crippen LogP contribution in [-0.2, 0) is 0 Å². The average Bonchev–Trinajstić information content (AvgIpc) is 2.59. The van der Waals surface area contributed by atoms with Crippen molar-refractivity contribution in [1.29, 1.82) is 0 Å². The first-order valence-corrected chi connectivity index (χ1v) is 7.72. The fourth-order valence-electron chi connectivity index (χ4n) is 2.35. The molecule has 24 heavy (non-hydrogen) atoms. The van der Waals surface area contributed by atoms with Crippen LogP contribution in [0.15, 0.2) is 54.9 Å². The molecule has 2 N–H and O–H groups in total. The normalized spacial score (nSPS) is 10.3. The van der Waals surface area contributed by atoms with Gasteiger partial charge in [-0.1, -0.05) is 18.2 Å². The van der Waals surface area contributed by atoms with Gasteiger partial charge in [0.2, 0.25) is 0 Å². The molecule has 3 aromatic rings. The summed E-state index contributed by atoms with van der Waals surface area (Å²) in [4.78, 5) is 8.54. The summed E-state index contributed by atoms with van der Waals surface area (Å²) < 4.78 is 5.35. The number of rotatable bonds is 5. The maximum absolute atomic E-state index is 5.35. The van der Waals surface area contributed by atoms with E-state index in [1.54, 1.807) is 7.11 Å². The van der Waals surface area contributed by atoms with E-state index in [2.05, 4.69) is 46.6 Å². The van der Waals surface area contributed by atoms with Crippen molar-refractivity contribution in [3.8, 4) is 5.75 Å². The van der Waals surface area contributed by atoms with Gasteiger partial charge in [-0.15, -0.1) is 0 Å². The topological polar surface area (TPSA) is 59.1 Å². The third-order valence-corrected chi connectivity index (χ3v) is 3.82. The third-order valence-electron chi connectivity index (χ3n) is 3.82. The Balaban J connectivity index is 1.80. The molecule has 0 radical (unpaired) electrons. The first-order chi connectivity index (χ1) is 11.7. The molecule has 0 saturated heterocycles. The summed E-state index contributed by atoms with van der Waals surface area (Å²) in [6.07, 6.45) is 1.53. The van der Waals surface area contributed by atoms with Gasteiger partial charge in [0.1, 0.15) is 23.7 Å². The van der Waals surface area contributed by atoms with E-state index in [9.17, 15) is 0 Å². The molecule has 0 amide bonds. The predicted octanol–water partition coefficient (Wildman–Crippen LogP) is 4.59. The second kappa shape index (κ2) is 7.00. The van der Waals surface area contributed by atoms with Gasteiger partial charge in [0, 0.05) is 11.8 Å². The molecule has 0 atom stereocenters. The molecule has 0 saturated carbocycles. The van der Waals surface area contributed by atoms with Gasteiger partial charge in [0.25, 0.3) is 0 Å². The molecule has 2 aromatic carbocycles. The van der Waals surface area contributed by atoms with Crippen molar-refractivity contribution >= 4 is 23.0 Å². The Labute approximate surface area is 141 Å². The minimum atomic E-state index is 0.695. The number of nitrogens with zero attached hydrogens (tertiary/aromatic N) is 2. The Morgan fingerprint density at radius 1 is 0.833 bits per heavy atom. The second-order valence-corrected chi connectivity index (χ2v) is 5.54. The highest BCUT2D eigenvalue weighted by Crippen LogP contribution is 2.27. The van der Waals surface area contributed by atoms with Crippen molar-refractivity contribution in [2.24, 2.45) is 0 Å². The maximum Gasteiger partial charge on any atom is 0.142 e. The Hall–Kier alpha value is -3.08. The zero-order chi connectivity index (χ0) is 16.9. The number of hydrogen-bond donors (Lipinski definition) is 2. The highest BCUT2D eigenvalue weighted by molar-refractivity contribution is 5.67. The van der Waals surface area contributed by atoms with E-state index in [1.165, 1.54) is 17.5 Å². The maximum atomic E-state index is 5.35. The highest BCUT2D eigenvalue weighted by atomic mass is 16.5. The van der Waals surface area contributed by atoms with Crippen molar-refractivity contribution < 1.29 is 4.74 Å². The van der Waals surface area contributed by atoms with Crippen molar-refractivity contribution in [3.05, 3.63) is 66.0 Å². The van der Waals surface area contributed by atoms with Crippen LogP contribution >= 0.6 is 0 Å². The molecule has 1 aromatic heterocycles. The zero-order valence-corrected chi connectivity index (χ0v) is 14.0. The first kappa shape index (κ1) is 15.8. The van der Waals surface area contributed by atoms with E-state index >= 15 is 0 Å². The van der Waals surface area contributed by atoms with Crippen molar-refractivity contribution in [2.45, 2.75) is 13.8 Å². The van der Waals surface area contributed by atoms with E-state index in [1.807, 2.05) is 36.4 Å². The molecule has 0 aliphatic rings. The van der Waals surface area contributed by atoms with Crippen molar-refractivity contribution in [2.75, 3.05) is 17.7 Å². The molecule has 0 fully saturated rings. The average molecular weight is 320 g/mol. The van der Waals surface area contributed by atoms with Crippen LogP contribution < -0.4 is 15.4 Å². The van der Waals surface area contributed by atoms with Crippen LogP contribution in [0.5, 0.6) is 5.75 Å². The van der Waals surface area contributed by atoms with Gasteiger partial charge in [-0.25, -0.2) is 9.97 Å². The van der Waals surface area contributed by atoms with Crippen LogP contribution in [0.1, 0.15) is 11.1 Å². The molecule has 0 aliphatic heterocycles. The number of anilines is 4. The molecule has 3 rings (SSSR count). The largest absolute Gasteiger partial charge is 0.495 e. The van der Waals surface area contributed by atoms with E-state index in [0.717, 1.165) is 22.9 Å². The molecule has 0 unspecified atom stereocenters. The molecule has 0 spiro atoms. The predicted molar refractivity (Wildman–Crippen MR) is 97.5 cm³/mol. The van der Waals surface area contributed by atoms with E-state index in [-0.39, 0.29) is 0 Å². The van der Waals surface area contributed by atoms with Crippen LogP contribution in [0.2, 0.25) is 0 Å². The number of benzene rings is 2. The molecule has 0 bridgehead atoms. The zero-order valence-electron chi connectivity index (χ0n) is 14.0. The summed E-state index contributed by atoms with van der Waals surface area (Å²) in [5.74, 6) is 2.19. The Kier molecular flexibility index (Phi) is 4.61. The van der Waals surface area contributed by atoms with Crippen LogP contribution in [0.25, 0.3) is 0 Å². The molecule has 0 aliphatic carbocycles. The number of methoxy groups -OCH3 is 1. The Bertz CT molecular complexity index is 848. The van der Waals surface area contributed by atoms with Gasteiger partial charge in [-0.3, -0.25) is 0 Å². The quantitative estimate of drug-likeness (QED) is 0.720. The molecular formula is C19H20N4O. The van der Waals surface area contributed by atoms with Gasteiger partial charge < -0.3 is 15.4 Å². The minimum Gasteiger partial charge on any atom is -0.495 e. The minimum absolute atomic E-state index is 0.695. The van der Waals surface area contributed by atoms with Crippen LogP contribution in [-0.4, -0.2) is 17.1 Å². The number of aryl methyl sites for hydroxylation is 2. The number of ether oxygens (including phenoxy) is 1. The lowest BCUT2D eigenvalue weighted by atomic mass is 10.1. The van der Waals surface area contributed by atoms with Gasteiger partial charge in [-0.2, -0.15) is 0 Å². The van der Waals surface area contributed by atoms with Gasteiger partial charge >= 0.3 is 0 Å². The van der Waals surface area contributed by atoms with Crippen molar-refractivity contribution in [3.63, 3.8) is 0 Å². The van der Waals surface area contributed by atoms with E-state index in [0.29, 0.717) is 5.82 Å². The summed E-state index contributed by atoms with van der Waals surface area (Å²) in [5.41, 5.74) is 4.36. The summed E-state index contributed by atoms with van der Waals surface area (Å²) in [6, 6.07) is 15.8. The second-order valence-electron chi connectivity index (χ2n) is 5.54. The van der Waals surface area contributed by atoms with E-state index in [4.69, 9.17) is 4.74 Å². The van der Waals surface area contributed by atoms with Gasteiger partial charge in [-0.05, 0) is 49.2 Å². The monoisotopic (exact) mass is 320 g/mol.